The van der Waals surface area contributed by atoms with Crippen LogP contribution in [0.5, 0.6) is 0 Å². The summed E-state index contributed by atoms with van der Waals surface area (Å²) in [5.41, 5.74) is 1.25. The first-order valence-electron chi connectivity index (χ1n) is 5.55. The van der Waals surface area contributed by atoms with Crippen molar-refractivity contribution in [3.05, 3.63) is 30.1 Å². The minimum atomic E-state index is -0.216. The van der Waals surface area contributed by atoms with E-state index in [1.54, 1.807) is 12.4 Å². The van der Waals surface area contributed by atoms with Gasteiger partial charge in [-0.3, -0.25) is 9.88 Å². The molecule has 1 aromatic heterocycles. The maximum Gasteiger partial charge on any atom is 0.0664 e. The van der Waals surface area contributed by atoms with Crippen molar-refractivity contribution in [3.8, 4) is 0 Å². The first-order valence-corrected chi connectivity index (χ1v) is 5.55. The van der Waals surface area contributed by atoms with Gasteiger partial charge in [0.2, 0.25) is 0 Å². The number of pyridine rings is 1. The Morgan fingerprint density at radius 2 is 2.00 bits per heavy atom. The standard InChI is InChI=1S/C12H20N2O/c1-3-12(15)10-14(4-2)9-11-5-7-13-8-6-11/h5-8,12,15H,3-4,9-10H2,1-2H3. The number of hydrogen-bond acceptors (Lipinski definition) is 3. The molecule has 0 aliphatic heterocycles. The zero-order chi connectivity index (χ0) is 11.1. The number of aliphatic hydroxyl groups excluding tert-OH is 1. The highest BCUT2D eigenvalue weighted by Crippen LogP contribution is 2.04. The molecule has 0 saturated carbocycles. The number of likely N-dealkylation sites (N-methyl/N-ethyl adjacent to an activating group) is 1. The fourth-order valence-corrected chi connectivity index (χ4v) is 1.48. The number of aliphatic hydroxyl groups is 1. The second-order valence-electron chi connectivity index (χ2n) is 3.75. The van der Waals surface area contributed by atoms with E-state index in [9.17, 15) is 5.11 Å². The minimum absolute atomic E-state index is 0.216. The number of rotatable bonds is 6. The molecule has 1 heterocycles. The molecule has 0 amide bonds. The molecule has 1 unspecified atom stereocenters. The Hall–Kier alpha value is -0.930. The van der Waals surface area contributed by atoms with Crippen LogP contribution >= 0.6 is 0 Å². The maximum atomic E-state index is 9.58. The summed E-state index contributed by atoms with van der Waals surface area (Å²) in [5.74, 6) is 0. The monoisotopic (exact) mass is 208 g/mol. The van der Waals surface area contributed by atoms with E-state index in [1.165, 1.54) is 5.56 Å². The van der Waals surface area contributed by atoms with Crippen LogP contribution in [0.1, 0.15) is 25.8 Å². The number of aromatic nitrogens is 1. The van der Waals surface area contributed by atoms with E-state index in [2.05, 4.69) is 16.8 Å². The normalized spacial score (nSPS) is 13.1. The van der Waals surface area contributed by atoms with Gasteiger partial charge in [-0.05, 0) is 30.7 Å². The van der Waals surface area contributed by atoms with Crippen molar-refractivity contribution < 1.29 is 5.11 Å². The summed E-state index contributed by atoms with van der Waals surface area (Å²) in [6, 6.07) is 4.03. The van der Waals surface area contributed by atoms with Crippen molar-refractivity contribution in [1.82, 2.24) is 9.88 Å². The van der Waals surface area contributed by atoms with E-state index in [0.717, 1.165) is 26.1 Å². The summed E-state index contributed by atoms with van der Waals surface area (Å²) >= 11 is 0. The van der Waals surface area contributed by atoms with Gasteiger partial charge in [-0.15, -0.1) is 0 Å². The van der Waals surface area contributed by atoms with Crippen LogP contribution in [0.2, 0.25) is 0 Å². The van der Waals surface area contributed by atoms with Crippen molar-refractivity contribution in [2.45, 2.75) is 32.9 Å². The predicted octanol–water partition coefficient (Wildman–Crippen LogP) is 1.67. The molecule has 1 atom stereocenters. The van der Waals surface area contributed by atoms with E-state index in [-0.39, 0.29) is 6.10 Å². The van der Waals surface area contributed by atoms with E-state index in [4.69, 9.17) is 0 Å². The van der Waals surface area contributed by atoms with Crippen molar-refractivity contribution in [2.24, 2.45) is 0 Å². The van der Waals surface area contributed by atoms with Crippen LogP contribution in [0.4, 0.5) is 0 Å². The molecule has 0 saturated heterocycles. The molecule has 0 aliphatic carbocycles. The van der Waals surface area contributed by atoms with Crippen LogP contribution in [0, 0.1) is 0 Å². The predicted molar refractivity (Wildman–Crippen MR) is 61.5 cm³/mol. The molecule has 1 aromatic rings. The van der Waals surface area contributed by atoms with E-state index < -0.39 is 0 Å². The molecule has 0 bridgehead atoms. The van der Waals surface area contributed by atoms with Crippen LogP contribution < -0.4 is 0 Å². The van der Waals surface area contributed by atoms with Crippen molar-refractivity contribution in [3.63, 3.8) is 0 Å². The van der Waals surface area contributed by atoms with Crippen LogP contribution in [0.25, 0.3) is 0 Å². The van der Waals surface area contributed by atoms with E-state index >= 15 is 0 Å². The summed E-state index contributed by atoms with van der Waals surface area (Å²) in [4.78, 5) is 6.23. The third-order valence-electron chi connectivity index (χ3n) is 2.54. The SMILES string of the molecule is CCC(O)CN(CC)Cc1ccncc1. The molecule has 3 nitrogen and oxygen atoms in total. The Kier molecular flexibility index (Phi) is 5.29. The molecule has 0 aliphatic rings. The van der Waals surface area contributed by atoms with Crippen molar-refractivity contribution >= 4 is 0 Å². The molecular weight excluding hydrogens is 188 g/mol. The van der Waals surface area contributed by atoms with Crippen molar-refractivity contribution in [2.75, 3.05) is 13.1 Å². The van der Waals surface area contributed by atoms with Gasteiger partial charge in [-0.25, -0.2) is 0 Å². The minimum Gasteiger partial charge on any atom is -0.392 e. The highest BCUT2D eigenvalue weighted by Gasteiger charge is 2.08. The molecule has 15 heavy (non-hydrogen) atoms. The van der Waals surface area contributed by atoms with Gasteiger partial charge >= 0.3 is 0 Å². The van der Waals surface area contributed by atoms with Crippen LogP contribution in [0.3, 0.4) is 0 Å². The lowest BCUT2D eigenvalue weighted by Gasteiger charge is -2.22. The zero-order valence-electron chi connectivity index (χ0n) is 9.56. The Morgan fingerprint density at radius 3 is 2.53 bits per heavy atom. The molecule has 0 aromatic carbocycles. The summed E-state index contributed by atoms with van der Waals surface area (Å²) in [5, 5.41) is 9.58. The molecule has 84 valence electrons. The lowest BCUT2D eigenvalue weighted by atomic mass is 10.2. The molecule has 0 radical (unpaired) electrons. The maximum absolute atomic E-state index is 9.58. The Morgan fingerprint density at radius 1 is 1.33 bits per heavy atom. The van der Waals surface area contributed by atoms with E-state index in [1.807, 2.05) is 19.1 Å². The van der Waals surface area contributed by atoms with Gasteiger partial charge in [0.1, 0.15) is 0 Å². The van der Waals surface area contributed by atoms with Gasteiger partial charge in [0.25, 0.3) is 0 Å². The Labute approximate surface area is 91.8 Å². The number of hydrogen-bond donors (Lipinski definition) is 1. The highest BCUT2D eigenvalue weighted by molar-refractivity contribution is 5.09. The zero-order valence-corrected chi connectivity index (χ0v) is 9.56. The fraction of sp³-hybridized carbons (Fsp3) is 0.583. The third kappa shape index (κ3) is 4.40. The summed E-state index contributed by atoms with van der Waals surface area (Å²) in [7, 11) is 0. The largest absolute Gasteiger partial charge is 0.392 e. The topological polar surface area (TPSA) is 36.4 Å². The first-order chi connectivity index (χ1) is 7.26. The van der Waals surface area contributed by atoms with Gasteiger partial charge in [0.15, 0.2) is 0 Å². The Bertz CT molecular complexity index is 264. The lowest BCUT2D eigenvalue weighted by Crippen LogP contribution is -2.31. The molecule has 0 fully saturated rings. The molecule has 0 spiro atoms. The molecule has 3 heteroatoms. The molecular formula is C12H20N2O. The van der Waals surface area contributed by atoms with Crippen molar-refractivity contribution in [1.29, 1.82) is 0 Å². The molecule has 1 N–H and O–H groups in total. The summed E-state index contributed by atoms with van der Waals surface area (Å²) < 4.78 is 0. The van der Waals surface area contributed by atoms with Crippen LogP contribution in [0.15, 0.2) is 24.5 Å². The van der Waals surface area contributed by atoms with Gasteiger partial charge in [0.05, 0.1) is 6.10 Å². The van der Waals surface area contributed by atoms with Crippen LogP contribution in [-0.4, -0.2) is 34.2 Å². The highest BCUT2D eigenvalue weighted by atomic mass is 16.3. The summed E-state index contributed by atoms with van der Waals surface area (Å²) in [6.07, 6.45) is 4.21. The Balaban J connectivity index is 2.47. The van der Waals surface area contributed by atoms with Gasteiger partial charge < -0.3 is 5.11 Å². The number of nitrogens with zero attached hydrogens (tertiary/aromatic N) is 2. The van der Waals surface area contributed by atoms with Gasteiger partial charge in [-0.2, -0.15) is 0 Å². The van der Waals surface area contributed by atoms with E-state index in [0.29, 0.717) is 0 Å². The quantitative estimate of drug-likeness (QED) is 0.772. The summed E-state index contributed by atoms with van der Waals surface area (Å²) in [6.45, 7) is 6.71. The average Bonchev–Trinajstić information content (AvgIpc) is 2.29. The fourth-order valence-electron chi connectivity index (χ4n) is 1.48. The smallest absolute Gasteiger partial charge is 0.0664 e. The third-order valence-corrected chi connectivity index (χ3v) is 2.54. The second kappa shape index (κ2) is 6.53. The second-order valence-corrected chi connectivity index (χ2v) is 3.75. The lowest BCUT2D eigenvalue weighted by molar-refractivity contribution is 0.108. The first kappa shape index (κ1) is 12.1. The van der Waals surface area contributed by atoms with Gasteiger partial charge in [-0.1, -0.05) is 13.8 Å². The van der Waals surface area contributed by atoms with Gasteiger partial charge in [0, 0.05) is 25.5 Å². The van der Waals surface area contributed by atoms with Crippen LogP contribution in [-0.2, 0) is 6.54 Å². The average molecular weight is 208 g/mol. The molecule has 1 rings (SSSR count).